The van der Waals surface area contributed by atoms with Gasteiger partial charge in [-0.3, -0.25) is 9.78 Å². The molecular formula is C18H24N2O3S. The summed E-state index contributed by atoms with van der Waals surface area (Å²) in [6.45, 7) is 8.26. The topological polar surface area (TPSA) is 71.5 Å². The lowest BCUT2D eigenvalue weighted by Crippen LogP contribution is -2.38. The monoisotopic (exact) mass is 348 g/mol. The van der Waals surface area contributed by atoms with Gasteiger partial charge in [-0.2, -0.15) is 0 Å². The molecule has 0 saturated carbocycles. The molecule has 24 heavy (non-hydrogen) atoms. The van der Waals surface area contributed by atoms with Gasteiger partial charge in [-0.25, -0.2) is 0 Å². The van der Waals surface area contributed by atoms with Crippen LogP contribution in [0.25, 0.3) is 0 Å². The average molecular weight is 348 g/mol. The summed E-state index contributed by atoms with van der Waals surface area (Å²) >= 11 is 1.35. The zero-order chi connectivity index (χ0) is 17.7. The van der Waals surface area contributed by atoms with E-state index in [4.69, 9.17) is 4.74 Å². The maximum atomic E-state index is 12.1. The number of carbonyl (C=O) groups is 1. The summed E-state index contributed by atoms with van der Waals surface area (Å²) in [6, 6.07) is 7.76. The third-order valence-corrected chi connectivity index (χ3v) is 4.53. The number of nitrogens with one attached hydrogen (secondary N) is 1. The Hall–Kier alpha value is -1.92. The third-order valence-electron chi connectivity index (χ3n) is 3.65. The van der Waals surface area contributed by atoms with Gasteiger partial charge in [0.2, 0.25) is 0 Å². The van der Waals surface area contributed by atoms with Crippen molar-refractivity contribution in [3.8, 4) is 5.75 Å². The molecule has 2 unspecified atom stereocenters. The lowest BCUT2D eigenvalue weighted by atomic mass is 9.87. The Labute approximate surface area is 146 Å². The molecule has 1 aromatic carbocycles. The zero-order valence-electron chi connectivity index (χ0n) is 14.4. The number of hydrogen-bond acceptors (Lipinski definition) is 5. The van der Waals surface area contributed by atoms with E-state index in [-0.39, 0.29) is 17.9 Å². The van der Waals surface area contributed by atoms with Gasteiger partial charge >= 0.3 is 0 Å². The summed E-state index contributed by atoms with van der Waals surface area (Å²) in [4.78, 5) is 16.7. The number of benzene rings is 1. The SMILES string of the molecule is CC(Oc1ccc(C(C)(C)C)cc1)C(=O)NCC(O)c1cncs1. The Kier molecular flexibility index (Phi) is 5.96. The Morgan fingerprint density at radius 3 is 2.54 bits per heavy atom. The Bertz CT molecular complexity index is 648. The van der Waals surface area contributed by atoms with Crippen molar-refractivity contribution in [3.05, 3.63) is 46.4 Å². The van der Waals surface area contributed by atoms with E-state index >= 15 is 0 Å². The summed E-state index contributed by atoms with van der Waals surface area (Å²) in [7, 11) is 0. The minimum Gasteiger partial charge on any atom is -0.481 e. The van der Waals surface area contributed by atoms with Crippen molar-refractivity contribution in [3.63, 3.8) is 0 Å². The summed E-state index contributed by atoms with van der Waals surface area (Å²) < 4.78 is 5.66. The molecule has 5 nitrogen and oxygen atoms in total. The molecule has 2 rings (SSSR count). The van der Waals surface area contributed by atoms with Gasteiger partial charge in [0.05, 0.1) is 10.4 Å². The molecule has 130 valence electrons. The number of rotatable bonds is 6. The number of thiazole rings is 1. The molecule has 0 saturated heterocycles. The van der Waals surface area contributed by atoms with E-state index in [1.165, 1.54) is 16.9 Å². The summed E-state index contributed by atoms with van der Waals surface area (Å²) in [5, 5.41) is 12.6. The van der Waals surface area contributed by atoms with E-state index in [1.807, 2.05) is 24.3 Å². The predicted octanol–water partition coefficient (Wildman–Crippen LogP) is 3.06. The van der Waals surface area contributed by atoms with Gasteiger partial charge in [0.15, 0.2) is 6.10 Å². The smallest absolute Gasteiger partial charge is 0.260 e. The second kappa shape index (κ2) is 7.77. The Balaban J connectivity index is 1.85. The fraction of sp³-hybridized carbons (Fsp3) is 0.444. The van der Waals surface area contributed by atoms with Crippen LogP contribution in [0.4, 0.5) is 0 Å². The molecule has 0 aliphatic rings. The first-order valence-corrected chi connectivity index (χ1v) is 8.76. The van der Waals surface area contributed by atoms with E-state index in [0.29, 0.717) is 5.75 Å². The highest BCUT2D eigenvalue weighted by atomic mass is 32.1. The number of aliphatic hydroxyl groups is 1. The zero-order valence-corrected chi connectivity index (χ0v) is 15.3. The molecule has 0 aliphatic heterocycles. The van der Waals surface area contributed by atoms with Gasteiger partial charge in [0, 0.05) is 12.7 Å². The van der Waals surface area contributed by atoms with Gasteiger partial charge in [-0.1, -0.05) is 32.9 Å². The molecule has 6 heteroatoms. The van der Waals surface area contributed by atoms with E-state index in [2.05, 4.69) is 31.1 Å². The van der Waals surface area contributed by atoms with E-state index in [0.717, 1.165) is 4.88 Å². The predicted molar refractivity (Wildman–Crippen MR) is 95.3 cm³/mol. The third kappa shape index (κ3) is 5.04. The van der Waals surface area contributed by atoms with Crippen molar-refractivity contribution >= 4 is 17.2 Å². The van der Waals surface area contributed by atoms with Crippen LogP contribution in [0, 0.1) is 0 Å². The summed E-state index contributed by atoms with van der Waals surface area (Å²) in [5.74, 6) is 0.382. The molecular weight excluding hydrogens is 324 g/mol. The van der Waals surface area contributed by atoms with Crippen LogP contribution in [0.2, 0.25) is 0 Å². The van der Waals surface area contributed by atoms with E-state index in [9.17, 15) is 9.90 Å². The van der Waals surface area contributed by atoms with Crippen molar-refractivity contribution in [1.82, 2.24) is 10.3 Å². The maximum absolute atomic E-state index is 12.1. The number of ether oxygens (including phenoxy) is 1. The van der Waals surface area contributed by atoms with Crippen molar-refractivity contribution in [1.29, 1.82) is 0 Å². The Morgan fingerprint density at radius 1 is 1.33 bits per heavy atom. The lowest BCUT2D eigenvalue weighted by molar-refractivity contribution is -0.127. The highest BCUT2D eigenvalue weighted by Gasteiger charge is 2.18. The van der Waals surface area contributed by atoms with Crippen LogP contribution in [-0.4, -0.2) is 28.6 Å². The normalized spacial score (nSPS) is 14.0. The van der Waals surface area contributed by atoms with Crippen molar-refractivity contribution in [2.75, 3.05) is 6.54 Å². The Morgan fingerprint density at radius 2 is 2.00 bits per heavy atom. The molecule has 0 bridgehead atoms. The minimum atomic E-state index is -0.750. The second-order valence-corrected chi connectivity index (χ2v) is 7.62. The first kappa shape index (κ1) is 18.4. The van der Waals surface area contributed by atoms with E-state index in [1.54, 1.807) is 18.6 Å². The number of nitrogens with zero attached hydrogens (tertiary/aromatic N) is 1. The fourth-order valence-corrected chi connectivity index (χ4v) is 2.73. The fourth-order valence-electron chi connectivity index (χ4n) is 2.12. The molecule has 1 aromatic heterocycles. The van der Waals surface area contributed by atoms with Crippen molar-refractivity contribution < 1.29 is 14.6 Å². The summed E-state index contributed by atoms with van der Waals surface area (Å²) in [5.41, 5.74) is 2.93. The van der Waals surface area contributed by atoms with Crippen LogP contribution in [0.1, 0.15) is 44.2 Å². The lowest BCUT2D eigenvalue weighted by Gasteiger charge is -2.20. The van der Waals surface area contributed by atoms with Crippen molar-refractivity contribution in [2.45, 2.75) is 45.3 Å². The van der Waals surface area contributed by atoms with Crippen molar-refractivity contribution in [2.24, 2.45) is 0 Å². The molecule has 1 amide bonds. The molecule has 0 radical (unpaired) electrons. The van der Waals surface area contributed by atoms with E-state index < -0.39 is 12.2 Å². The number of aliphatic hydroxyl groups excluding tert-OH is 1. The largest absolute Gasteiger partial charge is 0.481 e. The van der Waals surface area contributed by atoms with Crippen LogP contribution in [0.5, 0.6) is 5.75 Å². The first-order chi connectivity index (χ1) is 11.3. The van der Waals surface area contributed by atoms with Gasteiger partial charge in [0.25, 0.3) is 5.91 Å². The first-order valence-electron chi connectivity index (χ1n) is 7.88. The molecule has 0 aliphatic carbocycles. The maximum Gasteiger partial charge on any atom is 0.260 e. The second-order valence-electron chi connectivity index (χ2n) is 6.70. The molecule has 0 spiro atoms. The van der Waals surface area contributed by atoms with Crippen LogP contribution < -0.4 is 10.1 Å². The molecule has 2 atom stereocenters. The quantitative estimate of drug-likeness (QED) is 0.842. The van der Waals surface area contributed by atoms with Crippen LogP contribution in [-0.2, 0) is 10.2 Å². The van der Waals surface area contributed by atoms with Gasteiger partial charge in [0.1, 0.15) is 11.9 Å². The van der Waals surface area contributed by atoms with Crippen LogP contribution in [0.3, 0.4) is 0 Å². The number of carbonyl (C=O) groups excluding carboxylic acids is 1. The number of amides is 1. The minimum absolute atomic E-state index is 0.0777. The average Bonchev–Trinajstić information content (AvgIpc) is 3.06. The number of aromatic nitrogens is 1. The number of hydrogen-bond donors (Lipinski definition) is 2. The van der Waals surface area contributed by atoms with Gasteiger partial charge in [-0.15, -0.1) is 11.3 Å². The summed E-state index contributed by atoms with van der Waals surface area (Å²) in [6.07, 6.45) is 0.205. The molecule has 1 heterocycles. The highest BCUT2D eigenvalue weighted by molar-refractivity contribution is 7.09. The molecule has 2 aromatic rings. The van der Waals surface area contributed by atoms with Crippen LogP contribution in [0.15, 0.2) is 36.0 Å². The van der Waals surface area contributed by atoms with Crippen LogP contribution >= 0.6 is 11.3 Å². The molecule has 2 N–H and O–H groups in total. The standard InChI is InChI=1S/C18H24N2O3S/c1-12(17(22)20-9-15(21)16-10-19-11-24-16)23-14-7-5-13(6-8-14)18(2,3)4/h5-8,10-12,15,21H,9H2,1-4H3,(H,20,22). The highest BCUT2D eigenvalue weighted by Crippen LogP contribution is 2.24. The van der Waals surface area contributed by atoms with Gasteiger partial charge in [-0.05, 0) is 30.0 Å². The van der Waals surface area contributed by atoms with Gasteiger partial charge < -0.3 is 15.2 Å². The molecule has 0 fully saturated rings.